The van der Waals surface area contributed by atoms with E-state index in [0.717, 1.165) is 12.1 Å². The highest BCUT2D eigenvalue weighted by atomic mass is 19.1. The van der Waals surface area contributed by atoms with E-state index in [1.165, 1.54) is 18.3 Å². The summed E-state index contributed by atoms with van der Waals surface area (Å²) in [4.78, 5) is 18.5. The van der Waals surface area contributed by atoms with E-state index in [4.69, 9.17) is 9.47 Å². The number of amides is 1. The van der Waals surface area contributed by atoms with Gasteiger partial charge in [0, 0.05) is 32.1 Å². The lowest BCUT2D eigenvalue weighted by Crippen LogP contribution is -2.47. The van der Waals surface area contributed by atoms with E-state index in [2.05, 4.69) is 10.3 Å². The van der Waals surface area contributed by atoms with Gasteiger partial charge in [-0.3, -0.25) is 4.79 Å². The van der Waals surface area contributed by atoms with Crippen LogP contribution in [0.5, 0.6) is 0 Å². The molecule has 1 aromatic heterocycles. The van der Waals surface area contributed by atoms with Crippen LogP contribution in [0.4, 0.5) is 20.3 Å². The quantitative estimate of drug-likeness (QED) is 0.893. The van der Waals surface area contributed by atoms with Gasteiger partial charge < -0.3 is 19.7 Å². The van der Waals surface area contributed by atoms with Crippen molar-refractivity contribution in [2.75, 3.05) is 31.6 Å². The molecule has 2 aliphatic rings. The summed E-state index contributed by atoms with van der Waals surface area (Å²) in [6, 6.07) is 6.71. The van der Waals surface area contributed by atoms with Gasteiger partial charge in [-0.25, -0.2) is 13.8 Å². The van der Waals surface area contributed by atoms with Crippen LogP contribution in [0.25, 0.3) is 0 Å². The van der Waals surface area contributed by atoms with Crippen molar-refractivity contribution in [2.24, 2.45) is 0 Å². The number of para-hydroxylation sites is 1. The molecule has 2 fully saturated rings. The summed E-state index contributed by atoms with van der Waals surface area (Å²) in [7, 11) is 0. The molecule has 1 spiro atoms. The lowest BCUT2D eigenvalue weighted by Gasteiger charge is -2.37. The molecule has 3 heterocycles. The maximum absolute atomic E-state index is 13.7. The fourth-order valence-electron chi connectivity index (χ4n) is 3.36. The SMILES string of the molecule is O=C(c1ccc(Nc2c(F)cccc2F)nc1)N1CCC2(CC1)OCCO2. The number of nitrogens with zero attached hydrogens (tertiary/aromatic N) is 2. The van der Waals surface area contributed by atoms with Crippen molar-refractivity contribution >= 4 is 17.4 Å². The normalized spacial score (nSPS) is 18.7. The summed E-state index contributed by atoms with van der Waals surface area (Å²) in [5.74, 6) is -1.85. The predicted molar refractivity (Wildman–Crippen MR) is 93.7 cm³/mol. The first kappa shape index (κ1) is 17.8. The number of pyridine rings is 1. The van der Waals surface area contributed by atoms with Crippen LogP contribution in [-0.4, -0.2) is 47.9 Å². The standard InChI is InChI=1S/C19H19F2N3O3/c20-14-2-1-3-15(21)17(14)23-16-5-4-13(12-22-16)18(25)24-8-6-19(7-9-24)26-10-11-27-19/h1-5,12H,6-11H2,(H,22,23). The minimum Gasteiger partial charge on any atom is -0.347 e. The predicted octanol–water partition coefficient (Wildman–Crippen LogP) is 3.08. The van der Waals surface area contributed by atoms with E-state index in [0.29, 0.717) is 44.7 Å². The van der Waals surface area contributed by atoms with Gasteiger partial charge in [0.2, 0.25) is 0 Å². The highest BCUT2D eigenvalue weighted by Crippen LogP contribution is 2.31. The zero-order valence-corrected chi connectivity index (χ0v) is 14.6. The zero-order chi connectivity index (χ0) is 18.9. The molecule has 8 heteroatoms. The number of hydrogen-bond acceptors (Lipinski definition) is 5. The second-order valence-corrected chi connectivity index (χ2v) is 6.55. The van der Waals surface area contributed by atoms with Gasteiger partial charge in [0.25, 0.3) is 5.91 Å². The number of ether oxygens (including phenoxy) is 2. The van der Waals surface area contributed by atoms with Crippen molar-refractivity contribution in [1.82, 2.24) is 9.88 Å². The summed E-state index contributed by atoms with van der Waals surface area (Å²) in [6.07, 6.45) is 2.67. The number of nitrogens with one attached hydrogen (secondary N) is 1. The molecule has 4 rings (SSSR count). The second-order valence-electron chi connectivity index (χ2n) is 6.55. The molecular formula is C19H19F2N3O3. The van der Waals surface area contributed by atoms with Crippen molar-refractivity contribution in [3.05, 3.63) is 53.7 Å². The number of benzene rings is 1. The summed E-state index contributed by atoms with van der Waals surface area (Å²) < 4.78 is 38.7. The van der Waals surface area contributed by atoms with Crippen LogP contribution in [-0.2, 0) is 9.47 Å². The van der Waals surface area contributed by atoms with Gasteiger partial charge in [-0.1, -0.05) is 6.07 Å². The maximum Gasteiger partial charge on any atom is 0.255 e. The fraction of sp³-hybridized carbons (Fsp3) is 0.368. The Morgan fingerprint density at radius 2 is 1.74 bits per heavy atom. The Kier molecular flexibility index (Phi) is 4.75. The minimum atomic E-state index is -0.712. The molecule has 2 aliphatic heterocycles. The van der Waals surface area contributed by atoms with Crippen LogP contribution < -0.4 is 5.32 Å². The number of piperidine rings is 1. The third-order valence-electron chi connectivity index (χ3n) is 4.85. The molecule has 0 saturated carbocycles. The second kappa shape index (κ2) is 7.21. The van der Waals surface area contributed by atoms with Crippen LogP contribution >= 0.6 is 0 Å². The Bertz CT molecular complexity index is 808. The third-order valence-corrected chi connectivity index (χ3v) is 4.85. The molecule has 1 amide bonds. The van der Waals surface area contributed by atoms with Crippen LogP contribution in [0.3, 0.4) is 0 Å². The number of likely N-dealkylation sites (tertiary alicyclic amines) is 1. The van der Waals surface area contributed by atoms with E-state index < -0.39 is 17.4 Å². The molecule has 0 atom stereocenters. The largest absolute Gasteiger partial charge is 0.347 e. The molecule has 0 unspecified atom stereocenters. The molecule has 27 heavy (non-hydrogen) atoms. The average Bonchev–Trinajstić information content (AvgIpc) is 3.13. The summed E-state index contributed by atoms with van der Waals surface area (Å²) in [5, 5.41) is 2.60. The minimum absolute atomic E-state index is 0.140. The molecule has 6 nitrogen and oxygen atoms in total. The zero-order valence-electron chi connectivity index (χ0n) is 14.6. The van der Waals surface area contributed by atoms with Gasteiger partial charge >= 0.3 is 0 Å². The van der Waals surface area contributed by atoms with Crippen molar-refractivity contribution in [3.63, 3.8) is 0 Å². The van der Waals surface area contributed by atoms with Gasteiger partial charge in [-0.15, -0.1) is 0 Å². The highest BCUT2D eigenvalue weighted by Gasteiger charge is 2.40. The molecular weight excluding hydrogens is 356 g/mol. The third kappa shape index (κ3) is 3.63. The topological polar surface area (TPSA) is 63.7 Å². The Labute approximate surface area is 155 Å². The van der Waals surface area contributed by atoms with Gasteiger partial charge in [-0.2, -0.15) is 0 Å². The van der Waals surface area contributed by atoms with Gasteiger partial charge in [0.15, 0.2) is 5.79 Å². The van der Waals surface area contributed by atoms with E-state index >= 15 is 0 Å². The molecule has 1 aromatic carbocycles. The number of aromatic nitrogens is 1. The smallest absolute Gasteiger partial charge is 0.255 e. The first-order valence-electron chi connectivity index (χ1n) is 8.81. The fourth-order valence-corrected chi connectivity index (χ4v) is 3.36. The Morgan fingerprint density at radius 3 is 2.33 bits per heavy atom. The first-order valence-corrected chi connectivity index (χ1v) is 8.81. The van der Waals surface area contributed by atoms with Crippen LogP contribution in [0.15, 0.2) is 36.5 Å². The maximum atomic E-state index is 13.7. The highest BCUT2D eigenvalue weighted by molar-refractivity contribution is 5.94. The van der Waals surface area contributed by atoms with Crippen molar-refractivity contribution in [3.8, 4) is 0 Å². The lowest BCUT2D eigenvalue weighted by atomic mass is 10.0. The summed E-state index contributed by atoms with van der Waals surface area (Å²) in [5.41, 5.74) is 0.140. The van der Waals surface area contributed by atoms with Gasteiger partial charge in [0.05, 0.1) is 18.8 Å². The molecule has 0 bridgehead atoms. The van der Waals surface area contributed by atoms with Crippen molar-refractivity contribution < 1.29 is 23.0 Å². The summed E-state index contributed by atoms with van der Waals surface area (Å²) >= 11 is 0. The molecule has 142 valence electrons. The van der Waals surface area contributed by atoms with Crippen molar-refractivity contribution in [2.45, 2.75) is 18.6 Å². The van der Waals surface area contributed by atoms with E-state index in [9.17, 15) is 13.6 Å². The molecule has 2 saturated heterocycles. The van der Waals surface area contributed by atoms with E-state index in [-0.39, 0.29) is 17.4 Å². The van der Waals surface area contributed by atoms with E-state index in [1.54, 1.807) is 11.0 Å². The number of carbonyl (C=O) groups is 1. The average molecular weight is 375 g/mol. The Balaban J connectivity index is 1.41. The monoisotopic (exact) mass is 375 g/mol. The molecule has 2 aromatic rings. The Morgan fingerprint density at radius 1 is 1.07 bits per heavy atom. The van der Waals surface area contributed by atoms with Crippen LogP contribution in [0.1, 0.15) is 23.2 Å². The number of hydrogen-bond donors (Lipinski definition) is 1. The van der Waals surface area contributed by atoms with Crippen LogP contribution in [0, 0.1) is 11.6 Å². The first-order chi connectivity index (χ1) is 13.1. The number of rotatable bonds is 3. The Hall–Kier alpha value is -2.58. The number of carbonyl (C=O) groups excluding carboxylic acids is 1. The molecule has 0 aliphatic carbocycles. The summed E-state index contributed by atoms with van der Waals surface area (Å²) in [6.45, 7) is 2.27. The van der Waals surface area contributed by atoms with Crippen molar-refractivity contribution in [1.29, 1.82) is 0 Å². The van der Waals surface area contributed by atoms with E-state index in [1.807, 2.05) is 0 Å². The lowest BCUT2D eigenvalue weighted by molar-refractivity contribution is -0.181. The number of anilines is 2. The number of halogens is 2. The van der Waals surface area contributed by atoms with Gasteiger partial charge in [-0.05, 0) is 24.3 Å². The molecule has 1 N–H and O–H groups in total. The molecule has 0 radical (unpaired) electrons. The van der Waals surface area contributed by atoms with Gasteiger partial charge in [0.1, 0.15) is 23.1 Å². The van der Waals surface area contributed by atoms with Crippen LogP contribution in [0.2, 0.25) is 0 Å².